The molecule has 0 aliphatic carbocycles. The number of carbonyl (C=O) groups excluding carboxylic acids is 2. The van der Waals surface area contributed by atoms with Gasteiger partial charge in [0.05, 0.1) is 11.6 Å². The summed E-state index contributed by atoms with van der Waals surface area (Å²) in [5, 5.41) is 6.99. The summed E-state index contributed by atoms with van der Waals surface area (Å²) in [5.74, 6) is 0.581. The zero-order chi connectivity index (χ0) is 18.3. The van der Waals surface area contributed by atoms with E-state index in [0.29, 0.717) is 18.4 Å². The molecule has 3 aromatic rings. The van der Waals surface area contributed by atoms with Gasteiger partial charge in [-0.3, -0.25) is 9.59 Å². The third-order valence-electron chi connectivity index (χ3n) is 5.00. The van der Waals surface area contributed by atoms with Crippen LogP contribution in [-0.4, -0.2) is 32.0 Å². The molecule has 1 saturated heterocycles. The predicted octanol–water partition coefficient (Wildman–Crippen LogP) is 1.66. The summed E-state index contributed by atoms with van der Waals surface area (Å²) in [6, 6.07) is 7.27. The van der Waals surface area contributed by atoms with Gasteiger partial charge in [-0.25, -0.2) is 4.98 Å². The highest BCUT2D eigenvalue weighted by Crippen LogP contribution is 2.25. The Morgan fingerprint density at radius 3 is 2.85 bits per heavy atom. The molecule has 2 atom stereocenters. The Morgan fingerprint density at radius 2 is 2.08 bits per heavy atom. The van der Waals surface area contributed by atoms with Gasteiger partial charge in [0.1, 0.15) is 11.9 Å². The molecule has 0 bridgehead atoms. The molecular weight excluding hydrogens is 330 g/mol. The minimum Gasteiger partial charge on any atom is -0.350 e. The number of hydrogen-bond donors (Lipinski definition) is 2. The van der Waals surface area contributed by atoms with E-state index < -0.39 is 0 Å². The largest absolute Gasteiger partial charge is 0.350 e. The molecule has 134 valence electrons. The molecule has 1 fully saturated rings. The first kappa shape index (κ1) is 16.4. The second-order valence-corrected chi connectivity index (χ2v) is 6.73. The van der Waals surface area contributed by atoms with Gasteiger partial charge in [-0.15, -0.1) is 0 Å². The first-order valence-electron chi connectivity index (χ1n) is 8.66. The summed E-state index contributed by atoms with van der Waals surface area (Å²) >= 11 is 0. The number of hydrogen-bond acceptors (Lipinski definition) is 3. The number of imidazole rings is 1. The Hall–Kier alpha value is -3.09. The molecule has 2 N–H and O–H groups in total. The molecule has 1 aliphatic rings. The third kappa shape index (κ3) is 2.75. The number of aromatic nitrogens is 3. The first-order chi connectivity index (χ1) is 12.5. The van der Waals surface area contributed by atoms with E-state index in [9.17, 15) is 9.59 Å². The van der Waals surface area contributed by atoms with E-state index >= 15 is 0 Å². The Labute approximate surface area is 151 Å². The highest BCUT2D eigenvalue weighted by atomic mass is 16.2. The lowest BCUT2D eigenvalue weighted by atomic mass is 9.96. The number of rotatable bonds is 3. The van der Waals surface area contributed by atoms with Gasteiger partial charge in [-0.05, 0) is 12.5 Å². The number of fused-ring (bicyclic) bond motifs is 1. The van der Waals surface area contributed by atoms with Gasteiger partial charge in [-0.1, -0.05) is 18.2 Å². The summed E-state index contributed by atoms with van der Waals surface area (Å²) in [4.78, 5) is 29.2. The highest BCUT2D eigenvalue weighted by molar-refractivity contribution is 6.07. The SMILES string of the molecule is Cn1ccnc1[C@@H]1NC(=O)CC[C@H]1NC(=O)c1cn(C)c2ccccc12. The smallest absolute Gasteiger partial charge is 0.253 e. The van der Waals surface area contributed by atoms with Gasteiger partial charge in [0.15, 0.2) is 0 Å². The van der Waals surface area contributed by atoms with Crippen molar-refractivity contribution < 1.29 is 9.59 Å². The molecule has 0 spiro atoms. The van der Waals surface area contributed by atoms with Gasteiger partial charge in [0, 0.05) is 50.0 Å². The zero-order valence-corrected chi connectivity index (χ0v) is 14.8. The molecule has 2 amide bonds. The standard InChI is InChI=1S/C19H21N5O2/c1-23-10-9-20-18(23)17-14(7-8-16(25)22-17)21-19(26)13-11-24(2)15-6-4-3-5-12(13)15/h3-6,9-11,14,17H,7-8H2,1-2H3,(H,21,26)(H,22,25)/t14-,17-/m1/s1. The molecule has 1 aromatic carbocycles. The van der Waals surface area contributed by atoms with Crippen molar-refractivity contribution in [1.82, 2.24) is 24.8 Å². The number of nitrogens with zero attached hydrogens (tertiary/aromatic N) is 3. The van der Waals surface area contributed by atoms with E-state index in [2.05, 4.69) is 15.6 Å². The Bertz CT molecular complexity index is 987. The van der Waals surface area contributed by atoms with E-state index in [0.717, 1.165) is 16.7 Å². The van der Waals surface area contributed by atoms with Gasteiger partial charge >= 0.3 is 0 Å². The molecule has 2 aromatic heterocycles. The molecule has 0 radical (unpaired) electrons. The van der Waals surface area contributed by atoms with Crippen LogP contribution in [0.5, 0.6) is 0 Å². The van der Waals surface area contributed by atoms with Crippen LogP contribution >= 0.6 is 0 Å². The summed E-state index contributed by atoms with van der Waals surface area (Å²) < 4.78 is 3.82. The van der Waals surface area contributed by atoms with Crippen molar-refractivity contribution in [3.63, 3.8) is 0 Å². The lowest BCUT2D eigenvalue weighted by Gasteiger charge is -2.32. The zero-order valence-electron chi connectivity index (χ0n) is 14.8. The molecule has 7 heteroatoms. The Kier molecular flexibility index (Phi) is 3.99. The minimum atomic E-state index is -0.338. The maximum absolute atomic E-state index is 13.0. The number of benzene rings is 1. The van der Waals surface area contributed by atoms with Crippen LogP contribution < -0.4 is 10.6 Å². The normalized spacial score (nSPS) is 20.2. The summed E-state index contributed by atoms with van der Waals surface area (Å²) in [5.41, 5.74) is 1.65. The fraction of sp³-hybridized carbons (Fsp3) is 0.316. The molecule has 1 aliphatic heterocycles. The van der Waals surface area contributed by atoms with Gasteiger partial charge in [0.25, 0.3) is 5.91 Å². The molecule has 0 saturated carbocycles. The van der Waals surface area contributed by atoms with Crippen LogP contribution in [0, 0.1) is 0 Å². The number of aryl methyl sites for hydroxylation is 2. The van der Waals surface area contributed by atoms with Crippen molar-refractivity contribution in [2.24, 2.45) is 14.1 Å². The summed E-state index contributed by atoms with van der Waals surface area (Å²) in [6.07, 6.45) is 6.35. The maximum Gasteiger partial charge on any atom is 0.253 e. The third-order valence-corrected chi connectivity index (χ3v) is 5.00. The second-order valence-electron chi connectivity index (χ2n) is 6.73. The Morgan fingerprint density at radius 1 is 1.27 bits per heavy atom. The number of carbonyl (C=O) groups is 2. The molecule has 4 rings (SSSR count). The maximum atomic E-state index is 13.0. The van der Waals surface area contributed by atoms with Crippen molar-refractivity contribution in [2.45, 2.75) is 24.9 Å². The molecule has 0 unspecified atom stereocenters. The van der Waals surface area contributed by atoms with Crippen LogP contribution in [0.1, 0.15) is 35.1 Å². The van der Waals surface area contributed by atoms with Crippen molar-refractivity contribution >= 4 is 22.7 Å². The molecule has 7 nitrogen and oxygen atoms in total. The van der Waals surface area contributed by atoms with Gasteiger partial charge < -0.3 is 19.8 Å². The van der Waals surface area contributed by atoms with E-state index in [1.807, 2.05) is 59.9 Å². The number of amides is 2. The van der Waals surface area contributed by atoms with Crippen molar-refractivity contribution in [1.29, 1.82) is 0 Å². The Balaban J connectivity index is 1.63. The lowest BCUT2D eigenvalue weighted by Crippen LogP contribution is -2.50. The first-order valence-corrected chi connectivity index (χ1v) is 8.66. The van der Waals surface area contributed by atoms with Crippen LogP contribution in [0.15, 0.2) is 42.9 Å². The van der Waals surface area contributed by atoms with Crippen LogP contribution in [0.3, 0.4) is 0 Å². The highest BCUT2D eigenvalue weighted by Gasteiger charge is 2.34. The van der Waals surface area contributed by atoms with Crippen molar-refractivity contribution in [3.05, 3.63) is 54.2 Å². The number of para-hydroxylation sites is 1. The second kappa shape index (κ2) is 6.33. The average Bonchev–Trinajstić information content (AvgIpc) is 3.20. The monoisotopic (exact) mass is 351 g/mol. The lowest BCUT2D eigenvalue weighted by molar-refractivity contribution is -0.124. The molecule has 26 heavy (non-hydrogen) atoms. The minimum absolute atomic E-state index is 0.0198. The molecular formula is C19H21N5O2. The van der Waals surface area contributed by atoms with Gasteiger partial charge in [0.2, 0.25) is 5.91 Å². The van der Waals surface area contributed by atoms with E-state index in [-0.39, 0.29) is 23.9 Å². The predicted molar refractivity (Wildman–Crippen MR) is 97.5 cm³/mol. The quantitative estimate of drug-likeness (QED) is 0.753. The molecule has 3 heterocycles. The van der Waals surface area contributed by atoms with E-state index in [4.69, 9.17) is 0 Å². The van der Waals surface area contributed by atoms with Crippen LogP contribution in [0.25, 0.3) is 10.9 Å². The fourth-order valence-corrected chi connectivity index (χ4v) is 3.65. The van der Waals surface area contributed by atoms with Crippen LogP contribution in [-0.2, 0) is 18.9 Å². The van der Waals surface area contributed by atoms with Crippen molar-refractivity contribution in [3.8, 4) is 0 Å². The van der Waals surface area contributed by atoms with Crippen LogP contribution in [0.4, 0.5) is 0 Å². The topological polar surface area (TPSA) is 81.0 Å². The van der Waals surface area contributed by atoms with E-state index in [1.165, 1.54) is 0 Å². The number of nitrogens with one attached hydrogen (secondary N) is 2. The van der Waals surface area contributed by atoms with Crippen LogP contribution in [0.2, 0.25) is 0 Å². The van der Waals surface area contributed by atoms with Crippen molar-refractivity contribution in [2.75, 3.05) is 0 Å². The van der Waals surface area contributed by atoms with Gasteiger partial charge in [-0.2, -0.15) is 0 Å². The average molecular weight is 351 g/mol. The number of piperidine rings is 1. The summed E-state index contributed by atoms with van der Waals surface area (Å²) in [6.45, 7) is 0. The summed E-state index contributed by atoms with van der Waals surface area (Å²) in [7, 11) is 3.81. The fourth-order valence-electron chi connectivity index (χ4n) is 3.65. The van der Waals surface area contributed by atoms with E-state index in [1.54, 1.807) is 6.20 Å².